The highest BCUT2D eigenvalue weighted by Crippen LogP contribution is 2.32. The van der Waals surface area contributed by atoms with Crippen molar-refractivity contribution in [3.63, 3.8) is 0 Å². The summed E-state index contributed by atoms with van der Waals surface area (Å²) in [4.78, 5) is 11.3. The van der Waals surface area contributed by atoms with Crippen molar-refractivity contribution < 1.29 is 9.53 Å². The summed E-state index contributed by atoms with van der Waals surface area (Å²) in [6.45, 7) is 3.73. The Kier molecular flexibility index (Phi) is 5.96. The Morgan fingerprint density at radius 2 is 1.92 bits per heavy atom. The number of carbonyl (C=O) groups excluding carboxylic acids is 1. The zero-order valence-electron chi connectivity index (χ0n) is 7.19. The van der Waals surface area contributed by atoms with Gasteiger partial charge in [0.05, 0.1) is 5.92 Å². The Balaban J connectivity index is 4.26. The maximum Gasteiger partial charge on any atom is 0.249 e. The lowest BCUT2D eigenvalue weighted by atomic mass is 10.1. The first-order valence-corrected chi connectivity index (χ1v) is 5.24. The van der Waals surface area contributed by atoms with Crippen LogP contribution in [0.2, 0.25) is 0 Å². The number of ketones is 1. The number of carbonyl (C=O) groups is 1. The summed E-state index contributed by atoms with van der Waals surface area (Å²) in [5.41, 5.74) is -0.756. The predicted octanol–water partition coefficient (Wildman–Crippen LogP) is 3.16. The smallest absolute Gasteiger partial charge is 0.249 e. The van der Waals surface area contributed by atoms with E-state index in [1.807, 2.05) is 0 Å². The molecule has 0 bridgehead atoms. The number of alkyl halides is 4. The topological polar surface area (TPSA) is 26.3 Å². The summed E-state index contributed by atoms with van der Waals surface area (Å²) >= 11 is 21.9. The highest BCUT2D eigenvalue weighted by atomic mass is 35.6. The third kappa shape index (κ3) is 4.71. The van der Waals surface area contributed by atoms with Crippen LogP contribution in [0, 0.1) is 5.92 Å². The van der Waals surface area contributed by atoms with Gasteiger partial charge in [0.2, 0.25) is 3.79 Å². The summed E-state index contributed by atoms with van der Waals surface area (Å²) in [6, 6.07) is 0. The van der Waals surface area contributed by atoms with Gasteiger partial charge in [0.25, 0.3) is 0 Å². The number of hydrogen-bond donors (Lipinski definition) is 0. The second-order valence-corrected chi connectivity index (χ2v) is 5.17. The van der Waals surface area contributed by atoms with Gasteiger partial charge >= 0.3 is 0 Å². The lowest BCUT2D eigenvalue weighted by molar-refractivity contribution is -0.124. The van der Waals surface area contributed by atoms with Crippen LogP contribution in [0.1, 0.15) is 13.8 Å². The van der Waals surface area contributed by atoms with Gasteiger partial charge in [-0.3, -0.25) is 4.79 Å². The Labute approximate surface area is 97.4 Å². The van der Waals surface area contributed by atoms with Crippen molar-refractivity contribution in [2.75, 3.05) is 6.61 Å². The first-order valence-electron chi connectivity index (χ1n) is 3.67. The normalized spacial score (nSPS) is 16.8. The van der Waals surface area contributed by atoms with E-state index in [0.29, 0.717) is 6.61 Å². The Hall–Kier alpha value is 0.790. The molecule has 78 valence electrons. The first-order chi connectivity index (χ1) is 5.80. The van der Waals surface area contributed by atoms with Gasteiger partial charge < -0.3 is 4.74 Å². The van der Waals surface area contributed by atoms with E-state index in [1.54, 1.807) is 13.8 Å². The van der Waals surface area contributed by atoms with Crippen LogP contribution in [0.5, 0.6) is 0 Å². The van der Waals surface area contributed by atoms with Gasteiger partial charge in [-0.2, -0.15) is 0 Å². The molecule has 0 saturated carbocycles. The van der Waals surface area contributed by atoms with E-state index in [0.717, 1.165) is 0 Å². The van der Waals surface area contributed by atoms with Crippen LogP contribution < -0.4 is 0 Å². The third-order valence-corrected chi connectivity index (χ3v) is 2.47. The number of halogens is 4. The molecule has 2 unspecified atom stereocenters. The van der Waals surface area contributed by atoms with E-state index < -0.39 is 21.1 Å². The molecule has 0 aliphatic carbocycles. The average molecular weight is 268 g/mol. The van der Waals surface area contributed by atoms with Crippen molar-refractivity contribution >= 4 is 52.2 Å². The van der Waals surface area contributed by atoms with Crippen LogP contribution in [0.25, 0.3) is 0 Å². The molecule has 6 heteroatoms. The average Bonchev–Trinajstić information content (AvgIpc) is 2.00. The molecule has 0 saturated heterocycles. The molecule has 0 aromatic carbocycles. The van der Waals surface area contributed by atoms with Crippen LogP contribution in [0.4, 0.5) is 0 Å². The van der Waals surface area contributed by atoms with Crippen molar-refractivity contribution in [1.29, 1.82) is 0 Å². The third-order valence-electron chi connectivity index (χ3n) is 1.41. The second kappa shape index (κ2) is 5.62. The van der Waals surface area contributed by atoms with E-state index in [-0.39, 0.29) is 0 Å². The summed E-state index contributed by atoms with van der Waals surface area (Å²) in [7, 11) is 0. The summed E-state index contributed by atoms with van der Waals surface area (Å²) in [5.74, 6) is -1.21. The SMILES string of the molecule is CCOC(Cl)C(C)C(=O)C(Cl)(Cl)Cl. The molecule has 0 N–H and O–H groups in total. The highest BCUT2D eigenvalue weighted by molar-refractivity contribution is 6.76. The van der Waals surface area contributed by atoms with Gasteiger partial charge in [-0.25, -0.2) is 0 Å². The lowest BCUT2D eigenvalue weighted by Gasteiger charge is -2.20. The summed E-state index contributed by atoms with van der Waals surface area (Å²) in [5, 5.41) is 0. The second-order valence-electron chi connectivity index (χ2n) is 2.46. The molecular formula is C7H10Cl4O2. The van der Waals surface area contributed by atoms with E-state index in [2.05, 4.69) is 0 Å². The Morgan fingerprint density at radius 1 is 1.46 bits per heavy atom. The fourth-order valence-corrected chi connectivity index (χ4v) is 1.44. The lowest BCUT2D eigenvalue weighted by Crippen LogP contribution is -2.32. The molecular weight excluding hydrogens is 258 g/mol. The minimum Gasteiger partial charge on any atom is -0.362 e. The van der Waals surface area contributed by atoms with E-state index >= 15 is 0 Å². The first kappa shape index (κ1) is 13.8. The molecule has 0 rings (SSSR count). The van der Waals surface area contributed by atoms with Gasteiger partial charge in [-0.05, 0) is 6.92 Å². The zero-order chi connectivity index (χ0) is 10.6. The van der Waals surface area contributed by atoms with Crippen molar-refractivity contribution in [3.05, 3.63) is 0 Å². The standard InChI is InChI=1S/C7H10Cl4O2/c1-3-13-6(8)4(2)5(12)7(9,10)11/h4,6H,3H2,1-2H3. The molecule has 0 aliphatic rings. The van der Waals surface area contributed by atoms with Crippen LogP contribution in [-0.2, 0) is 9.53 Å². The molecule has 0 aromatic heterocycles. The molecule has 0 radical (unpaired) electrons. The largest absolute Gasteiger partial charge is 0.362 e. The molecule has 0 aliphatic heterocycles. The van der Waals surface area contributed by atoms with E-state index in [1.165, 1.54) is 0 Å². The molecule has 0 spiro atoms. The molecule has 0 amide bonds. The van der Waals surface area contributed by atoms with Crippen molar-refractivity contribution in [2.45, 2.75) is 23.2 Å². The molecule has 2 atom stereocenters. The fraction of sp³-hybridized carbons (Fsp3) is 0.857. The van der Waals surface area contributed by atoms with Gasteiger partial charge in [0, 0.05) is 6.61 Å². The highest BCUT2D eigenvalue weighted by Gasteiger charge is 2.37. The number of rotatable bonds is 4. The van der Waals surface area contributed by atoms with Gasteiger partial charge in [0.1, 0.15) is 5.56 Å². The number of Topliss-reactive ketones (excluding diaryl/α,β-unsaturated/α-hetero) is 1. The number of hydrogen-bond acceptors (Lipinski definition) is 2. The quantitative estimate of drug-likeness (QED) is 0.732. The van der Waals surface area contributed by atoms with Crippen LogP contribution >= 0.6 is 46.4 Å². The van der Waals surface area contributed by atoms with Crippen molar-refractivity contribution in [3.8, 4) is 0 Å². The molecule has 0 heterocycles. The molecule has 2 nitrogen and oxygen atoms in total. The van der Waals surface area contributed by atoms with Crippen molar-refractivity contribution in [1.82, 2.24) is 0 Å². The molecule has 0 aromatic rings. The number of ether oxygens (including phenoxy) is 1. The summed E-state index contributed by atoms with van der Waals surface area (Å²) in [6.07, 6.45) is 0. The van der Waals surface area contributed by atoms with Gasteiger partial charge in [0.15, 0.2) is 5.78 Å². The van der Waals surface area contributed by atoms with Crippen LogP contribution in [0.15, 0.2) is 0 Å². The Morgan fingerprint density at radius 3 is 2.23 bits per heavy atom. The molecule has 13 heavy (non-hydrogen) atoms. The Bertz CT molecular complexity index is 178. The van der Waals surface area contributed by atoms with Gasteiger partial charge in [-0.1, -0.05) is 53.3 Å². The van der Waals surface area contributed by atoms with Crippen LogP contribution in [-0.4, -0.2) is 21.7 Å². The predicted molar refractivity (Wildman–Crippen MR) is 55.7 cm³/mol. The zero-order valence-corrected chi connectivity index (χ0v) is 10.2. The molecule has 0 fully saturated rings. The van der Waals surface area contributed by atoms with Crippen molar-refractivity contribution in [2.24, 2.45) is 5.92 Å². The van der Waals surface area contributed by atoms with E-state index in [4.69, 9.17) is 51.1 Å². The maximum atomic E-state index is 11.3. The maximum absolute atomic E-state index is 11.3. The summed E-state index contributed by atoms with van der Waals surface area (Å²) < 4.78 is 3.06. The fourth-order valence-electron chi connectivity index (χ4n) is 0.681. The monoisotopic (exact) mass is 266 g/mol. The minimum atomic E-state index is -1.93. The minimum absolute atomic E-state index is 0.408. The van der Waals surface area contributed by atoms with E-state index in [9.17, 15) is 4.79 Å². The van der Waals surface area contributed by atoms with Gasteiger partial charge in [-0.15, -0.1) is 0 Å². The van der Waals surface area contributed by atoms with Crippen LogP contribution in [0.3, 0.4) is 0 Å².